The van der Waals surface area contributed by atoms with Gasteiger partial charge in [0.1, 0.15) is 5.37 Å². The van der Waals surface area contributed by atoms with Gasteiger partial charge in [0.05, 0.1) is 17.7 Å². The lowest BCUT2D eigenvalue weighted by molar-refractivity contribution is -0.137. The molecule has 3 rings (SSSR count). The summed E-state index contributed by atoms with van der Waals surface area (Å²) in [5.41, 5.74) is 0.297. The summed E-state index contributed by atoms with van der Waals surface area (Å²) in [7, 11) is 0. The molecule has 0 amide bonds. The smallest absolute Gasteiger partial charge is 0.416 e. The summed E-state index contributed by atoms with van der Waals surface area (Å²) in [6.07, 6.45) is 2.03. The van der Waals surface area contributed by atoms with Gasteiger partial charge in [0.15, 0.2) is 0 Å². The van der Waals surface area contributed by atoms with Crippen LogP contribution in [0.3, 0.4) is 0 Å². The molecule has 2 aromatic rings. The van der Waals surface area contributed by atoms with Gasteiger partial charge in [0.2, 0.25) is 0 Å². The van der Waals surface area contributed by atoms with Crippen LogP contribution < -0.4 is 0 Å². The van der Waals surface area contributed by atoms with Crippen molar-refractivity contribution >= 4 is 29.1 Å². The maximum atomic E-state index is 12.9. The number of aliphatic carboxylic acids is 1. The summed E-state index contributed by atoms with van der Waals surface area (Å²) in [6.45, 7) is 2.59. The third-order valence-electron chi connectivity index (χ3n) is 4.74. The Morgan fingerprint density at radius 3 is 2.77 bits per heavy atom. The van der Waals surface area contributed by atoms with Crippen LogP contribution in [-0.4, -0.2) is 26.6 Å². The van der Waals surface area contributed by atoms with Gasteiger partial charge in [-0.15, -0.1) is 23.1 Å². The number of carboxylic acid groups (broad SMARTS) is 1. The van der Waals surface area contributed by atoms with Crippen LogP contribution in [0.1, 0.15) is 29.3 Å². The van der Waals surface area contributed by atoms with Crippen LogP contribution in [0.2, 0.25) is 0 Å². The number of nitrogens with zero attached hydrogens (tertiary/aromatic N) is 1. The van der Waals surface area contributed by atoms with Crippen molar-refractivity contribution in [3.63, 3.8) is 0 Å². The minimum absolute atomic E-state index is 0.0598. The lowest BCUT2D eigenvalue weighted by Crippen LogP contribution is -2.35. The molecule has 3 nitrogen and oxygen atoms in total. The fraction of sp³-hybridized carbons (Fsp3) is 0.318. The Hall–Kier alpha value is -2.19. The average molecular weight is 454 g/mol. The largest absolute Gasteiger partial charge is 0.478 e. The first-order valence-corrected chi connectivity index (χ1v) is 11.3. The number of thioether (sulfide) groups is 1. The number of allylic oxidation sites excluding steroid dienone is 2. The first-order chi connectivity index (χ1) is 14.2. The highest BCUT2D eigenvalue weighted by molar-refractivity contribution is 8.00. The summed E-state index contributed by atoms with van der Waals surface area (Å²) >= 11 is 3.14. The molecule has 8 heteroatoms. The first-order valence-electron chi connectivity index (χ1n) is 9.45. The zero-order chi connectivity index (χ0) is 21.7. The van der Waals surface area contributed by atoms with Crippen LogP contribution in [0.4, 0.5) is 13.2 Å². The zero-order valence-corrected chi connectivity index (χ0v) is 17.9. The fourth-order valence-electron chi connectivity index (χ4n) is 3.20. The number of carbonyl (C=O) groups is 1. The molecule has 0 radical (unpaired) electrons. The zero-order valence-electron chi connectivity index (χ0n) is 16.3. The van der Waals surface area contributed by atoms with E-state index in [1.807, 2.05) is 35.5 Å². The van der Waals surface area contributed by atoms with Crippen molar-refractivity contribution in [2.45, 2.75) is 43.1 Å². The van der Waals surface area contributed by atoms with E-state index < -0.39 is 17.7 Å². The molecule has 0 saturated heterocycles. The Bertz CT molecular complexity index is 923. The van der Waals surface area contributed by atoms with E-state index in [1.165, 1.54) is 23.9 Å². The lowest BCUT2D eigenvalue weighted by Gasteiger charge is -2.34. The minimum Gasteiger partial charge on any atom is -0.478 e. The molecule has 0 bridgehead atoms. The highest BCUT2D eigenvalue weighted by Gasteiger charge is 2.31. The van der Waals surface area contributed by atoms with Crippen LogP contribution in [-0.2, 0) is 23.9 Å². The van der Waals surface area contributed by atoms with Crippen molar-refractivity contribution in [1.29, 1.82) is 0 Å². The van der Waals surface area contributed by atoms with Crippen LogP contribution in [0.15, 0.2) is 65.7 Å². The molecular weight excluding hydrogens is 431 g/mol. The SMILES string of the molecule is CC(CCc1cccc(C(F)(F)F)c1)SC1C(C(=O)O)=CC=CN1Cc1cccs1. The number of thiophene rings is 1. The van der Waals surface area contributed by atoms with Gasteiger partial charge in [0, 0.05) is 16.3 Å². The molecule has 1 aromatic carbocycles. The highest BCUT2D eigenvalue weighted by atomic mass is 32.2. The first kappa shape index (κ1) is 22.5. The van der Waals surface area contributed by atoms with E-state index >= 15 is 0 Å². The summed E-state index contributed by atoms with van der Waals surface area (Å²) in [5, 5.41) is 11.3. The molecule has 160 valence electrons. The molecule has 2 heterocycles. The summed E-state index contributed by atoms with van der Waals surface area (Å²) < 4.78 is 38.7. The van der Waals surface area contributed by atoms with E-state index in [9.17, 15) is 23.1 Å². The maximum Gasteiger partial charge on any atom is 0.416 e. The van der Waals surface area contributed by atoms with Gasteiger partial charge in [0.25, 0.3) is 0 Å². The Morgan fingerprint density at radius 1 is 1.30 bits per heavy atom. The normalized spacial score (nSPS) is 17.7. The minimum atomic E-state index is -4.35. The maximum absolute atomic E-state index is 12.9. The number of aryl methyl sites for hydroxylation is 1. The molecule has 0 saturated carbocycles. The van der Waals surface area contributed by atoms with Crippen LogP contribution in [0, 0.1) is 0 Å². The second kappa shape index (κ2) is 9.75. The van der Waals surface area contributed by atoms with Gasteiger partial charge in [-0.3, -0.25) is 0 Å². The Balaban J connectivity index is 1.66. The topological polar surface area (TPSA) is 40.5 Å². The number of hydrogen-bond donors (Lipinski definition) is 1. The number of alkyl halides is 3. The van der Waals surface area contributed by atoms with E-state index in [-0.39, 0.29) is 10.6 Å². The van der Waals surface area contributed by atoms with Crippen LogP contribution in [0.5, 0.6) is 0 Å². The molecule has 1 aliphatic heterocycles. The average Bonchev–Trinajstić information content (AvgIpc) is 3.20. The number of rotatable bonds is 8. The third-order valence-corrected chi connectivity index (χ3v) is 7.09. The Kier molecular flexibility index (Phi) is 7.31. The van der Waals surface area contributed by atoms with Gasteiger partial charge in [-0.05, 0) is 48.1 Å². The van der Waals surface area contributed by atoms with Crippen LogP contribution in [0.25, 0.3) is 0 Å². The predicted molar refractivity (Wildman–Crippen MR) is 115 cm³/mol. The van der Waals surface area contributed by atoms with Crippen LogP contribution >= 0.6 is 23.1 Å². The van der Waals surface area contributed by atoms with E-state index in [0.29, 0.717) is 30.5 Å². The van der Waals surface area contributed by atoms with Crippen molar-refractivity contribution in [2.75, 3.05) is 0 Å². The van der Waals surface area contributed by atoms with Crippen molar-refractivity contribution in [3.8, 4) is 0 Å². The fourth-order valence-corrected chi connectivity index (χ4v) is 5.24. The van der Waals surface area contributed by atoms with E-state index in [1.54, 1.807) is 29.6 Å². The summed E-state index contributed by atoms with van der Waals surface area (Å²) in [5.74, 6) is -0.960. The Morgan fingerprint density at radius 2 is 2.10 bits per heavy atom. The summed E-state index contributed by atoms with van der Waals surface area (Å²) in [6, 6.07) is 9.35. The molecule has 2 unspecified atom stereocenters. The lowest BCUT2D eigenvalue weighted by atomic mass is 10.1. The van der Waals surface area contributed by atoms with E-state index in [2.05, 4.69) is 0 Å². The van der Waals surface area contributed by atoms with Crippen molar-refractivity contribution < 1.29 is 23.1 Å². The summed E-state index contributed by atoms with van der Waals surface area (Å²) in [4.78, 5) is 14.9. The van der Waals surface area contributed by atoms with Gasteiger partial charge in [-0.1, -0.05) is 31.2 Å². The van der Waals surface area contributed by atoms with Crippen molar-refractivity contribution in [2.24, 2.45) is 0 Å². The van der Waals surface area contributed by atoms with Crippen molar-refractivity contribution in [1.82, 2.24) is 4.90 Å². The molecule has 30 heavy (non-hydrogen) atoms. The predicted octanol–water partition coefficient (Wildman–Crippen LogP) is 6.19. The van der Waals surface area contributed by atoms with E-state index in [0.717, 1.165) is 10.9 Å². The molecule has 0 spiro atoms. The van der Waals surface area contributed by atoms with Gasteiger partial charge < -0.3 is 10.0 Å². The highest BCUT2D eigenvalue weighted by Crippen LogP contribution is 2.34. The molecule has 0 fully saturated rings. The molecule has 0 aliphatic carbocycles. The molecule has 1 aromatic heterocycles. The molecule has 1 N–H and O–H groups in total. The monoisotopic (exact) mass is 453 g/mol. The molecular formula is C22H22F3NO2S2. The van der Waals surface area contributed by atoms with Gasteiger partial charge >= 0.3 is 12.1 Å². The number of hydrogen-bond acceptors (Lipinski definition) is 4. The quantitative estimate of drug-likeness (QED) is 0.518. The standard InChI is InChI=1S/C22H22F3NO2S2/c1-15(9-10-16-5-2-6-17(13-16)22(23,24)25)30-20-19(21(27)28)8-3-11-26(20)14-18-7-4-12-29-18/h2-8,11-13,15,20H,9-10,14H2,1H3,(H,27,28). The van der Waals surface area contributed by atoms with E-state index in [4.69, 9.17) is 0 Å². The number of benzene rings is 1. The Labute approximate surface area is 181 Å². The van der Waals surface area contributed by atoms with Gasteiger partial charge in [-0.2, -0.15) is 13.2 Å². The number of carboxylic acids is 1. The third kappa shape index (κ3) is 5.92. The van der Waals surface area contributed by atoms with Crippen molar-refractivity contribution in [3.05, 3.63) is 81.7 Å². The molecule has 1 aliphatic rings. The molecule has 2 atom stereocenters. The second-order valence-corrected chi connectivity index (χ2v) is 9.61. The van der Waals surface area contributed by atoms with Gasteiger partial charge in [-0.25, -0.2) is 4.79 Å². The number of halogens is 3. The second-order valence-electron chi connectivity index (χ2n) is 7.06.